The van der Waals surface area contributed by atoms with Gasteiger partial charge in [-0.3, -0.25) is 4.90 Å². The van der Waals surface area contributed by atoms with Gasteiger partial charge in [0.05, 0.1) is 17.9 Å². The third kappa shape index (κ3) is 3.75. The Morgan fingerprint density at radius 2 is 2.13 bits per heavy atom. The second-order valence-corrected chi connectivity index (χ2v) is 6.10. The van der Waals surface area contributed by atoms with Gasteiger partial charge < -0.3 is 9.15 Å². The number of piperidine rings is 1. The molecule has 0 spiro atoms. The third-order valence-corrected chi connectivity index (χ3v) is 4.55. The van der Waals surface area contributed by atoms with Crippen LogP contribution in [0.1, 0.15) is 45.2 Å². The fraction of sp³-hybridized carbons (Fsp3) is 0.526. The Morgan fingerprint density at radius 1 is 1.26 bits per heavy atom. The third-order valence-electron chi connectivity index (χ3n) is 4.55. The molecular weight excluding hydrogens is 288 g/mol. The van der Waals surface area contributed by atoms with Crippen molar-refractivity contribution in [2.75, 3.05) is 13.2 Å². The first-order valence-corrected chi connectivity index (χ1v) is 8.72. The molecule has 0 saturated carbocycles. The normalized spacial score (nSPS) is 19.0. The Balaban J connectivity index is 1.75. The smallest absolute Gasteiger partial charge is 0.229 e. The van der Waals surface area contributed by atoms with Crippen molar-refractivity contribution in [3.05, 3.63) is 36.2 Å². The lowest BCUT2D eigenvalue weighted by Crippen LogP contribution is -2.38. The molecule has 1 atom stereocenters. The van der Waals surface area contributed by atoms with Crippen LogP contribution in [0, 0.1) is 0 Å². The molecule has 0 bridgehead atoms. The van der Waals surface area contributed by atoms with Crippen molar-refractivity contribution < 1.29 is 9.15 Å². The molecule has 1 aliphatic heterocycles. The molecule has 1 fully saturated rings. The molecule has 124 valence electrons. The summed E-state index contributed by atoms with van der Waals surface area (Å²) in [6, 6.07) is 8.59. The van der Waals surface area contributed by atoms with Crippen LogP contribution in [-0.2, 0) is 6.54 Å². The van der Waals surface area contributed by atoms with Gasteiger partial charge in [-0.2, -0.15) is 0 Å². The van der Waals surface area contributed by atoms with E-state index in [4.69, 9.17) is 14.1 Å². The van der Waals surface area contributed by atoms with Crippen molar-refractivity contribution >= 4 is 0 Å². The molecular formula is C19H26N2O2. The Labute approximate surface area is 138 Å². The molecule has 4 nitrogen and oxygen atoms in total. The number of ether oxygens (including phenoxy) is 1. The van der Waals surface area contributed by atoms with Gasteiger partial charge in [-0.1, -0.05) is 25.5 Å². The van der Waals surface area contributed by atoms with Gasteiger partial charge in [-0.05, 0) is 44.9 Å². The molecule has 0 aliphatic carbocycles. The predicted molar refractivity (Wildman–Crippen MR) is 91.4 cm³/mol. The van der Waals surface area contributed by atoms with Crippen LogP contribution < -0.4 is 4.74 Å². The first-order chi connectivity index (χ1) is 11.3. The number of benzene rings is 1. The summed E-state index contributed by atoms with van der Waals surface area (Å²) in [5, 5.41) is 0. The second-order valence-electron chi connectivity index (χ2n) is 6.10. The van der Waals surface area contributed by atoms with Crippen LogP contribution in [0.25, 0.3) is 11.5 Å². The van der Waals surface area contributed by atoms with E-state index in [0.29, 0.717) is 18.5 Å². The second kappa shape index (κ2) is 7.64. The number of nitrogens with zero attached hydrogens (tertiary/aromatic N) is 2. The minimum Gasteiger partial charge on any atom is -0.493 e. The molecule has 1 aliphatic rings. The molecule has 23 heavy (non-hydrogen) atoms. The Morgan fingerprint density at radius 3 is 2.96 bits per heavy atom. The molecule has 3 rings (SSSR count). The quantitative estimate of drug-likeness (QED) is 0.786. The van der Waals surface area contributed by atoms with Gasteiger partial charge in [0.15, 0.2) is 0 Å². The summed E-state index contributed by atoms with van der Waals surface area (Å²) in [5.74, 6) is 1.47. The maximum absolute atomic E-state index is 5.73. The number of likely N-dealkylation sites (tertiary alicyclic amines) is 1. The number of aromatic nitrogens is 1. The van der Waals surface area contributed by atoms with E-state index in [1.807, 2.05) is 31.2 Å². The minimum atomic E-state index is 0.635. The summed E-state index contributed by atoms with van der Waals surface area (Å²) >= 11 is 0. The lowest BCUT2D eigenvalue weighted by atomic mass is 10.00. The van der Waals surface area contributed by atoms with E-state index in [0.717, 1.165) is 30.1 Å². The number of oxazole rings is 1. The zero-order chi connectivity index (χ0) is 16.1. The van der Waals surface area contributed by atoms with Gasteiger partial charge in [0, 0.05) is 12.6 Å². The highest BCUT2D eigenvalue weighted by Crippen LogP contribution is 2.30. The Kier molecular flexibility index (Phi) is 5.34. The lowest BCUT2D eigenvalue weighted by Gasteiger charge is -2.34. The monoisotopic (exact) mass is 314 g/mol. The summed E-state index contributed by atoms with van der Waals surface area (Å²) in [6.45, 7) is 6.93. The number of rotatable bonds is 6. The fourth-order valence-corrected chi connectivity index (χ4v) is 3.37. The summed E-state index contributed by atoms with van der Waals surface area (Å²) in [6.07, 6.45) is 6.93. The maximum atomic E-state index is 5.73. The van der Waals surface area contributed by atoms with E-state index in [9.17, 15) is 0 Å². The van der Waals surface area contributed by atoms with E-state index in [-0.39, 0.29) is 0 Å². The summed E-state index contributed by atoms with van der Waals surface area (Å²) < 4.78 is 11.4. The molecule has 1 aromatic carbocycles. The van der Waals surface area contributed by atoms with Crippen molar-refractivity contribution in [2.45, 2.75) is 52.1 Å². The maximum Gasteiger partial charge on any atom is 0.229 e. The van der Waals surface area contributed by atoms with Crippen molar-refractivity contribution in [1.82, 2.24) is 9.88 Å². The average Bonchev–Trinajstić information content (AvgIpc) is 3.04. The summed E-state index contributed by atoms with van der Waals surface area (Å²) in [7, 11) is 0. The van der Waals surface area contributed by atoms with Gasteiger partial charge in [0.1, 0.15) is 12.0 Å². The Bertz CT molecular complexity index is 623. The molecule has 2 aromatic rings. The molecule has 4 heteroatoms. The van der Waals surface area contributed by atoms with Crippen molar-refractivity contribution in [2.24, 2.45) is 0 Å². The lowest BCUT2D eigenvalue weighted by molar-refractivity contribution is 0.134. The minimum absolute atomic E-state index is 0.635. The average molecular weight is 314 g/mol. The van der Waals surface area contributed by atoms with Crippen LogP contribution in [0.2, 0.25) is 0 Å². The summed E-state index contributed by atoms with van der Waals surface area (Å²) in [5.41, 5.74) is 1.93. The summed E-state index contributed by atoms with van der Waals surface area (Å²) in [4.78, 5) is 7.24. The SMILES string of the molecule is CCOc1ccccc1-c1nc(CN2CCCCC2CC)co1. The first-order valence-electron chi connectivity index (χ1n) is 8.72. The van der Waals surface area contributed by atoms with Crippen LogP contribution in [0.15, 0.2) is 34.9 Å². The van der Waals surface area contributed by atoms with Crippen LogP contribution in [0.3, 0.4) is 0 Å². The standard InChI is InChI=1S/C19H26N2O2/c1-3-16-9-7-8-12-21(16)13-15-14-23-19(20-15)17-10-5-6-11-18(17)22-4-2/h5-6,10-11,14,16H,3-4,7-9,12-13H2,1-2H3. The highest BCUT2D eigenvalue weighted by atomic mass is 16.5. The molecule has 1 aromatic heterocycles. The zero-order valence-corrected chi connectivity index (χ0v) is 14.1. The predicted octanol–water partition coefficient (Wildman–Crippen LogP) is 4.50. The fourth-order valence-electron chi connectivity index (χ4n) is 3.37. The molecule has 0 radical (unpaired) electrons. The topological polar surface area (TPSA) is 38.5 Å². The van der Waals surface area contributed by atoms with E-state index >= 15 is 0 Å². The van der Waals surface area contributed by atoms with E-state index in [1.165, 1.54) is 25.7 Å². The van der Waals surface area contributed by atoms with E-state index in [2.05, 4.69) is 11.8 Å². The van der Waals surface area contributed by atoms with Crippen molar-refractivity contribution in [3.63, 3.8) is 0 Å². The van der Waals surface area contributed by atoms with Crippen LogP contribution in [0.5, 0.6) is 5.75 Å². The van der Waals surface area contributed by atoms with Gasteiger partial charge in [0.25, 0.3) is 0 Å². The van der Waals surface area contributed by atoms with E-state index in [1.54, 1.807) is 6.26 Å². The zero-order valence-electron chi connectivity index (χ0n) is 14.1. The van der Waals surface area contributed by atoms with Gasteiger partial charge >= 0.3 is 0 Å². The number of hydrogen-bond acceptors (Lipinski definition) is 4. The van der Waals surface area contributed by atoms with Crippen LogP contribution >= 0.6 is 0 Å². The molecule has 1 saturated heterocycles. The van der Waals surface area contributed by atoms with Gasteiger partial charge in [-0.15, -0.1) is 0 Å². The highest BCUT2D eigenvalue weighted by molar-refractivity contribution is 5.62. The van der Waals surface area contributed by atoms with Crippen molar-refractivity contribution in [3.8, 4) is 17.2 Å². The van der Waals surface area contributed by atoms with Gasteiger partial charge in [0.2, 0.25) is 5.89 Å². The Hall–Kier alpha value is -1.81. The largest absolute Gasteiger partial charge is 0.493 e. The van der Waals surface area contributed by atoms with E-state index < -0.39 is 0 Å². The van der Waals surface area contributed by atoms with Crippen LogP contribution in [0.4, 0.5) is 0 Å². The molecule has 1 unspecified atom stereocenters. The van der Waals surface area contributed by atoms with Crippen LogP contribution in [-0.4, -0.2) is 29.1 Å². The number of hydrogen-bond donors (Lipinski definition) is 0. The van der Waals surface area contributed by atoms with Gasteiger partial charge in [-0.25, -0.2) is 4.98 Å². The molecule has 0 amide bonds. The first kappa shape index (κ1) is 16.1. The highest BCUT2D eigenvalue weighted by Gasteiger charge is 2.22. The molecule has 2 heterocycles. The molecule has 0 N–H and O–H groups in total. The number of para-hydroxylation sites is 1. The van der Waals surface area contributed by atoms with Crippen molar-refractivity contribution in [1.29, 1.82) is 0 Å².